The van der Waals surface area contributed by atoms with Crippen molar-refractivity contribution in [3.8, 4) is 22.8 Å². The van der Waals surface area contributed by atoms with Gasteiger partial charge in [-0.1, -0.05) is 0 Å². The molecule has 4 heterocycles. The second kappa shape index (κ2) is 10.1. The summed E-state index contributed by atoms with van der Waals surface area (Å²) < 4.78 is 19.4. The molecule has 10 heteroatoms. The Labute approximate surface area is 209 Å². The normalized spacial score (nSPS) is 18.5. The molecule has 3 aromatic rings. The summed E-state index contributed by atoms with van der Waals surface area (Å²) in [7, 11) is 0. The molecule has 0 spiro atoms. The Bertz CT molecular complexity index is 1280. The van der Waals surface area contributed by atoms with Crippen molar-refractivity contribution in [2.24, 2.45) is 5.73 Å². The van der Waals surface area contributed by atoms with Gasteiger partial charge in [-0.3, -0.25) is 14.3 Å². The van der Waals surface area contributed by atoms with Crippen molar-refractivity contribution < 1.29 is 23.8 Å². The zero-order valence-corrected chi connectivity index (χ0v) is 20.5. The van der Waals surface area contributed by atoms with E-state index in [1.807, 2.05) is 30.9 Å². The number of pyridine rings is 1. The Morgan fingerprint density at radius 1 is 1.22 bits per heavy atom. The van der Waals surface area contributed by atoms with Crippen LogP contribution in [0.5, 0.6) is 11.6 Å². The van der Waals surface area contributed by atoms with Crippen LogP contribution < -0.4 is 20.5 Å². The van der Waals surface area contributed by atoms with Crippen molar-refractivity contribution in [1.29, 1.82) is 0 Å². The van der Waals surface area contributed by atoms with Crippen LogP contribution in [0.25, 0.3) is 21.9 Å². The Kier molecular flexibility index (Phi) is 6.77. The van der Waals surface area contributed by atoms with E-state index in [0.29, 0.717) is 36.5 Å². The maximum Gasteiger partial charge on any atom is 0.252 e. The van der Waals surface area contributed by atoms with Crippen molar-refractivity contribution in [2.75, 3.05) is 19.8 Å². The molecule has 36 heavy (non-hydrogen) atoms. The van der Waals surface area contributed by atoms with Gasteiger partial charge >= 0.3 is 0 Å². The van der Waals surface area contributed by atoms with Gasteiger partial charge in [0.25, 0.3) is 5.91 Å². The van der Waals surface area contributed by atoms with Crippen LogP contribution in [0.1, 0.15) is 55.9 Å². The van der Waals surface area contributed by atoms with E-state index < -0.39 is 5.91 Å². The molecule has 5 rings (SSSR count). The van der Waals surface area contributed by atoms with E-state index in [9.17, 15) is 9.59 Å². The molecule has 2 saturated heterocycles. The fourth-order valence-electron chi connectivity index (χ4n) is 4.74. The molecular weight excluding hydrogens is 462 g/mol. The molecule has 190 valence electrons. The third-order valence-corrected chi connectivity index (χ3v) is 6.56. The topological polar surface area (TPSA) is 131 Å². The Morgan fingerprint density at radius 2 is 2.03 bits per heavy atom. The maximum absolute atomic E-state index is 12.3. The number of hydrogen-bond donors (Lipinski definition) is 2. The van der Waals surface area contributed by atoms with Crippen LogP contribution in [0, 0.1) is 0 Å². The standard InChI is InChI=1S/C26H31N5O5/c1-15(2)36-23-10-20-19(9-21(23)25(27)33)22(12-28-26(20)35-14-17-3-4-24(32)30-17)16-11-29-31(13-16)18-5-7-34-8-6-18/h9-13,15,17-18H,3-8,14H2,1-2H3,(H2,27,33)(H,30,32). The summed E-state index contributed by atoms with van der Waals surface area (Å²) in [5, 5.41) is 8.96. The van der Waals surface area contributed by atoms with Crippen molar-refractivity contribution in [3.63, 3.8) is 0 Å². The number of nitrogens with zero attached hydrogens (tertiary/aromatic N) is 3. The number of amides is 2. The number of primary amides is 1. The zero-order chi connectivity index (χ0) is 25.2. The van der Waals surface area contributed by atoms with E-state index in [1.54, 1.807) is 18.3 Å². The quantitative estimate of drug-likeness (QED) is 0.493. The predicted octanol–water partition coefficient (Wildman–Crippen LogP) is 2.99. The summed E-state index contributed by atoms with van der Waals surface area (Å²) in [5.41, 5.74) is 7.70. The first kappa shape index (κ1) is 24.1. The highest BCUT2D eigenvalue weighted by Crippen LogP contribution is 2.38. The minimum atomic E-state index is -0.579. The number of benzene rings is 1. The number of aromatic nitrogens is 3. The lowest BCUT2D eigenvalue weighted by atomic mass is 9.99. The molecule has 1 atom stereocenters. The number of nitrogens with two attached hydrogens (primary N) is 1. The number of carbonyl (C=O) groups is 2. The van der Waals surface area contributed by atoms with Crippen LogP contribution in [-0.4, -0.2) is 58.5 Å². The molecule has 0 radical (unpaired) electrons. The fraction of sp³-hybridized carbons (Fsp3) is 0.462. The molecule has 2 aliphatic rings. The van der Waals surface area contributed by atoms with E-state index in [0.717, 1.165) is 42.6 Å². The molecule has 10 nitrogen and oxygen atoms in total. The average Bonchev–Trinajstić information content (AvgIpc) is 3.51. The van der Waals surface area contributed by atoms with Crippen LogP contribution in [0.2, 0.25) is 0 Å². The van der Waals surface area contributed by atoms with Gasteiger partial charge in [-0.2, -0.15) is 5.10 Å². The molecule has 0 bridgehead atoms. The lowest BCUT2D eigenvalue weighted by molar-refractivity contribution is -0.119. The molecule has 1 unspecified atom stereocenters. The van der Waals surface area contributed by atoms with Gasteiger partial charge < -0.3 is 25.3 Å². The van der Waals surface area contributed by atoms with Gasteiger partial charge in [0.05, 0.1) is 29.9 Å². The lowest BCUT2D eigenvalue weighted by Gasteiger charge is -2.22. The van der Waals surface area contributed by atoms with Gasteiger partial charge in [0, 0.05) is 48.5 Å². The first-order chi connectivity index (χ1) is 17.4. The first-order valence-electron chi connectivity index (χ1n) is 12.4. The van der Waals surface area contributed by atoms with Crippen LogP contribution in [0.3, 0.4) is 0 Å². The number of hydrogen-bond acceptors (Lipinski definition) is 7. The average molecular weight is 494 g/mol. The second-order valence-electron chi connectivity index (χ2n) is 9.57. The summed E-state index contributed by atoms with van der Waals surface area (Å²) >= 11 is 0. The van der Waals surface area contributed by atoms with Crippen molar-refractivity contribution in [3.05, 3.63) is 36.3 Å². The fourth-order valence-corrected chi connectivity index (χ4v) is 4.74. The summed E-state index contributed by atoms with van der Waals surface area (Å²) in [6.45, 7) is 5.51. The van der Waals surface area contributed by atoms with E-state index in [4.69, 9.17) is 19.9 Å². The van der Waals surface area contributed by atoms with Crippen molar-refractivity contribution in [1.82, 2.24) is 20.1 Å². The molecule has 3 N–H and O–H groups in total. The highest BCUT2D eigenvalue weighted by atomic mass is 16.5. The van der Waals surface area contributed by atoms with Crippen LogP contribution >= 0.6 is 0 Å². The first-order valence-corrected chi connectivity index (χ1v) is 12.4. The Hall–Kier alpha value is -3.66. The molecule has 2 amide bonds. The smallest absolute Gasteiger partial charge is 0.252 e. The number of ether oxygens (including phenoxy) is 3. The molecule has 0 saturated carbocycles. The van der Waals surface area contributed by atoms with Crippen molar-refractivity contribution >= 4 is 22.6 Å². The molecular formula is C26H31N5O5. The third-order valence-electron chi connectivity index (χ3n) is 6.56. The van der Waals surface area contributed by atoms with Gasteiger partial charge in [0.2, 0.25) is 11.8 Å². The van der Waals surface area contributed by atoms with E-state index in [1.165, 1.54) is 0 Å². The number of fused-ring (bicyclic) bond motifs is 1. The van der Waals surface area contributed by atoms with Crippen molar-refractivity contribution in [2.45, 2.75) is 57.7 Å². The monoisotopic (exact) mass is 493 g/mol. The van der Waals surface area contributed by atoms with Gasteiger partial charge in [0.1, 0.15) is 12.4 Å². The van der Waals surface area contributed by atoms with E-state index in [-0.39, 0.29) is 29.7 Å². The van der Waals surface area contributed by atoms with E-state index in [2.05, 4.69) is 15.4 Å². The highest BCUT2D eigenvalue weighted by Gasteiger charge is 2.24. The zero-order valence-electron chi connectivity index (χ0n) is 20.5. The third kappa shape index (κ3) is 4.99. The van der Waals surface area contributed by atoms with E-state index >= 15 is 0 Å². The minimum absolute atomic E-state index is 0.0250. The highest BCUT2D eigenvalue weighted by molar-refractivity contribution is 6.06. The number of carbonyl (C=O) groups excluding carboxylic acids is 2. The summed E-state index contributed by atoms with van der Waals surface area (Å²) in [5.74, 6) is 0.221. The Morgan fingerprint density at radius 3 is 2.72 bits per heavy atom. The SMILES string of the molecule is CC(C)Oc1cc2c(OCC3CCC(=O)N3)ncc(-c3cnn(C4CCOCC4)c3)c2cc1C(N)=O. The molecule has 2 fully saturated rings. The van der Waals surface area contributed by atoms with Gasteiger partial charge in [-0.25, -0.2) is 4.98 Å². The van der Waals surface area contributed by atoms with Gasteiger partial charge in [-0.15, -0.1) is 0 Å². The second-order valence-corrected chi connectivity index (χ2v) is 9.57. The molecule has 2 aliphatic heterocycles. The van der Waals surface area contributed by atoms with Crippen LogP contribution in [-0.2, 0) is 9.53 Å². The number of rotatable bonds is 8. The van der Waals surface area contributed by atoms with Crippen LogP contribution in [0.15, 0.2) is 30.7 Å². The summed E-state index contributed by atoms with van der Waals surface area (Å²) in [6.07, 6.45) is 8.41. The number of nitrogens with one attached hydrogen (secondary N) is 1. The minimum Gasteiger partial charge on any atom is -0.490 e. The van der Waals surface area contributed by atoms with Crippen LogP contribution in [0.4, 0.5) is 0 Å². The molecule has 2 aromatic heterocycles. The summed E-state index contributed by atoms with van der Waals surface area (Å²) in [6, 6.07) is 3.71. The van der Waals surface area contributed by atoms with Gasteiger partial charge in [0.15, 0.2) is 0 Å². The Balaban J connectivity index is 1.57. The summed E-state index contributed by atoms with van der Waals surface area (Å²) in [4.78, 5) is 28.5. The largest absolute Gasteiger partial charge is 0.490 e. The maximum atomic E-state index is 12.3. The predicted molar refractivity (Wildman–Crippen MR) is 133 cm³/mol. The lowest BCUT2D eigenvalue weighted by Crippen LogP contribution is -2.31. The molecule has 0 aliphatic carbocycles. The molecule has 1 aromatic carbocycles. The van der Waals surface area contributed by atoms with Gasteiger partial charge in [-0.05, 0) is 50.6 Å².